The second-order valence-corrected chi connectivity index (χ2v) is 7.89. The zero-order valence-electron chi connectivity index (χ0n) is 16.7. The highest BCUT2D eigenvalue weighted by Gasteiger charge is 2.22. The number of urea groups is 1. The fraction of sp³-hybridized carbons (Fsp3) is 0.217. The molecule has 3 amide bonds. The number of carbonyl (C=O) groups excluding carboxylic acids is 2. The Morgan fingerprint density at radius 3 is 2.73 bits per heavy atom. The van der Waals surface area contributed by atoms with Crippen LogP contribution in [-0.2, 0) is 13.0 Å². The average molecular weight is 422 g/mol. The van der Waals surface area contributed by atoms with E-state index in [9.17, 15) is 9.59 Å². The van der Waals surface area contributed by atoms with Crippen molar-refractivity contribution in [2.75, 3.05) is 23.8 Å². The zero-order chi connectivity index (χ0) is 20.9. The van der Waals surface area contributed by atoms with Crippen molar-refractivity contribution in [2.24, 2.45) is 0 Å². The summed E-state index contributed by atoms with van der Waals surface area (Å²) in [6.07, 6.45) is 0.806. The minimum Gasteiger partial charge on any atom is -0.492 e. The largest absolute Gasteiger partial charge is 0.492 e. The Kier molecular flexibility index (Phi) is 5.99. The minimum absolute atomic E-state index is 0.0549. The summed E-state index contributed by atoms with van der Waals surface area (Å²) in [6, 6.07) is 16.6. The third-order valence-electron chi connectivity index (χ3n) is 4.93. The van der Waals surface area contributed by atoms with Gasteiger partial charge >= 0.3 is 6.03 Å². The van der Waals surface area contributed by atoms with E-state index in [1.54, 1.807) is 6.07 Å². The van der Waals surface area contributed by atoms with E-state index >= 15 is 0 Å². The van der Waals surface area contributed by atoms with Crippen molar-refractivity contribution < 1.29 is 14.3 Å². The monoisotopic (exact) mass is 421 g/mol. The molecule has 0 unspecified atom stereocenters. The molecule has 0 fully saturated rings. The van der Waals surface area contributed by atoms with Gasteiger partial charge in [-0.15, -0.1) is 11.3 Å². The number of nitrogens with one attached hydrogen (secondary N) is 2. The molecule has 6 nitrogen and oxygen atoms in total. The highest BCUT2D eigenvalue weighted by atomic mass is 32.1. The summed E-state index contributed by atoms with van der Waals surface area (Å²) < 4.78 is 5.55. The van der Waals surface area contributed by atoms with Crippen molar-refractivity contribution >= 4 is 34.6 Å². The first kappa shape index (κ1) is 20.0. The van der Waals surface area contributed by atoms with Crippen LogP contribution in [0.3, 0.4) is 0 Å². The Bertz CT molecular complexity index is 1050. The van der Waals surface area contributed by atoms with Crippen LogP contribution < -0.4 is 15.4 Å². The van der Waals surface area contributed by atoms with E-state index in [1.165, 1.54) is 16.9 Å². The number of rotatable bonds is 5. The van der Waals surface area contributed by atoms with Crippen molar-refractivity contribution in [3.05, 3.63) is 76.0 Å². The van der Waals surface area contributed by atoms with Crippen LogP contribution in [0, 0.1) is 0 Å². The topological polar surface area (TPSA) is 70.7 Å². The van der Waals surface area contributed by atoms with Crippen molar-refractivity contribution in [2.45, 2.75) is 19.9 Å². The summed E-state index contributed by atoms with van der Waals surface area (Å²) in [6.45, 7) is 3.66. The number of para-hydroxylation sites is 2. The van der Waals surface area contributed by atoms with E-state index in [2.05, 4.69) is 10.6 Å². The first-order valence-electron chi connectivity index (χ1n) is 9.88. The summed E-state index contributed by atoms with van der Waals surface area (Å²) >= 11 is 1.46. The fourth-order valence-electron chi connectivity index (χ4n) is 3.50. The Balaban J connectivity index is 1.44. The van der Waals surface area contributed by atoms with E-state index in [1.807, 2.05) is 65.7 Å². The quantitative estimate of drug-likeness (QED) is 0.610. The van der Waals surface area contributed by atoms with Gasteiger partial charge in [0, 0.05) is 18.8 Å². The summed E-state index contributed by atoms with van der Waals surface area (Å²) in [7, 11) is 0. The van der Waals surface area contributed by atoms with Crippen LogP contribution in [0.4, 0.5) is 16.2 Å². The van der Waals surface area contributed by atoms with Crippen molar-refractivity contribution in [1.82, 2.24) is 4.90 Å². The van der Waals surface area contributed by atoms with Gasteiger partial charge in [0.1, 0.15) is 5.75 Å². The molecule has 1 aliphatic rings. The van der Waals surface area contributed by atoms with Gasteiger partial charge in [0.15, 0.2) is 0 Å². The molecule has 0 saturated heterocycles. The molecule has 0 aliphatic carbocycles. The lowest BCUT2D eigenvalue weighted by molar-refractivity contribution is 0.0739. The lowest BCUT2D eigenvalue weighted by Crippen LogP contribution is -2.35. The lowest BCUT2D eigenvalue weighted by atomic mass is 9.99. The fourth-order valence-corrected chi connectivity index (χ4v) is 4.19. The molecule has 0 spiro atoms. The van der Waals surface area contributed by atoms with Crippen LogP contribution in [0.2, 0.25) is 0 Å². The number of hydrogen-bond acceptors (Lipinski definition) is 4. The van der Waals surface area contributed by atoms with Gasteiger partial charge in [0.25, 0.3) is 5.91 Å². The number of amides is 3. The van der Waals surface area contributed by atoms with Gasteiger partial charge in [0.05, 0.1) is 17.2 Å². The normalized spacial score (nSPS) is 12.8. The SMILES string of the molecule is CCOc1ccccc1NC(=O)Nc1ccc2c(c1)CN(C(=O)c1cccs1)CC2. The highest BCUT2D eigenvalue weighted by Crippen LogP contribution is 2.26. The van der Waals surface area contributed by atoms with Crippen molar-refractivity contribution in [1.29, 1.82) is 0 Å². The zero-order valence-corrected chi connectivity index (χ0v) is 17.5. The summed E-state index contributed by atoms with van der Waals surface area (Å²) in [4.78, 5) is 27.8. The summed E-state index contributed by atoms with van der Waals surface area (Å²) in [5.41, 5.74) is 3.56. The Labute approximate surface area is 179 Å². The molecule has 2 aromatic carbocycles. The molecule has 0 bridgehead atoms. The number of thiophene rings is 1. The molecule has 1 aliphatic heterocycles. The first-order chi connectivity index (χ1) is 14.6. The van der Waals surface area contributed by atoms with Crippen LogP contribution >= 0.6 is 11.3 Å². The predicted molar refractivity (Wildman–Crippen MR) is 119 cm³/mol. The molecule has 3 aromatic rings. The van der Waals surface area contributed by atoms with Gasteiger partial charge in [0.2, 0.25) is 0 Å². The Hall–Kier alpha value is -3.32. The Morgan fingerprint density at radius 2 is 1.93 bits per heavy atom. The third-order valence-corrected chi connectivity index (χ3v) is 5.79. The lowest BCUT2D eigenvalue weighted by Gasteiger charge is -2.29. The van der Waals surface area contributed by atoms with Gasteiger partial charge in [-0.3, -0.25) is 4.79 Å². The van der Waals surface area contributed by atoms with Gasteiger partial charge in [-0.25, -0.2) is 4.79 Å². The predicted octanol–water partition coefficient (Wildman–Crippen LogP) is 4.99. The van der Waals surface area contributed by atoms with E-state index in [0.717, 1.165) is 16.9 Å². The van der Waals surface area contributed by atoms with Gasteiger partial charge in [-0.1, -0.05) is 24.3 Å². The molecule has 30 heavy (non-hydrogen) atoms. The maximum atomic E-state index is 12.7. The molecule has 154 valence electrons. The van der Waals surface area contributed by atoms with Crippen LogP contribution in [0.1, 0.15) is 27.7 Å². The Morgan fingerprint density at radius 1 is 1.07 bits per heavy atom. The maximum Gasteiger partial charge on any atom is 0.323 e. The number of carbonyl (C=O) groups is 2. The molecule has 1 aromatic heterocycles. The number of hydrogen-bond donors (Lipinski definition) is 2. The minimum atomic E-state index is -0.343. The van der Waals surface area contributed by atoms with Gasteiger partial charge < -0.3 is 20.3 Å². The summed E-state index contributed by atoms with van der Waals surface area (Å²) in [5, 5.41) is 7.62. The number of ether oxygens (including phenoxy) is 1. The van der Waals surface area contributed by atoms with Crippen LogP contribution in [0.25, 0.3) is 0 Å². The van der Waals surface area contributed by atoms with E-state index in [4.69, 9.17) is 4.74 Å². The smallest absolute Gasteiger partial charge is 0.323 e. The molecule has 2 N–H and O–H groups in total. The maximum absolute atomic E-state index is 12.7. The molecule has 4 rings (SSSR count). The van der Waals surface area contributed by atoms with Gasteiger partial charge in [-0.2, -0.15) is 0 Å². The van der Waals surface area contributed by atoms with E-state index in [0.29, 0.717) is 36.8 Å². The molecule has 7 heteroatoms. The van der Waals surface area contributed by atoms with Crippen LogP contribution in [-0.4, -0.2) is 30.0 Å². The van der Waals surface area contributed by atoms with Crippen molar-refractivity contribution in [3.63, 3.8) is 0 Å². The number of fused-ring (bicyclic) bond motifs is 1. The van der Waals surface area contributed by atoms with E-state index < -0.39 is 0 Å². The molecular formula is C23H23N3O3S. The highest BCUT2D eigenvalue weighted by molar-refractivity contribution is 7.12. The van der Waals surface area contributed by atoms with Gasteiger partial charge in [-0.05, 0) is 60.2 Å². The third kappa shape index (κ3) is 4.46. The standard InChI is InChI=1S/C23H23N3O3S/c1-2-29-20-7-4-3-6-19(20)25-23(28)24-18-10-9-16-11-12-26(15-17(16)14-18)22(27)21-8-5-13-30-21/h3-10,13-14H,2,11-12,15H2,1H3,(H2,24,25,28). The molecule has 0 atom stereocenters. The number of nitrogens with zero attached hydrogens (tertiary/aromatic N) is 1. The van der Waals surface area contributed by atoms with E-state index in [-0.39, 0.29) is 11.9 Å². The summed E-state index contributed by atoms with van der Waals surface area (Å²) in [5.74, 6) is 0.683. The molecular weight excluding hydrogens is 398 g/mol. The second-order valence-electron chi connectivity index (χ2n) is 6.95. The molecule has 0 radical (unpaired) electrons. The number of benzene rings is 2. The van der Waals surface area contributed by atoms with Crippen LogP contribution in [0.5, 0.6) is 5.75 Å². The van der Waals surface area contributed by atoms with Crippen molar-refractivity contribution in [3.8, 4) is 5.75 Å². The molecule has 0 saturated carbocycles. The number of anilines is 2. The molecule has 2 heterocycles. The second kappa shape index (κ2) is 9.00. The first-order valence-corrected chi connectivity index (χ1v) is 10.8. The average Bonchev–Trinajstić information content (AvgIpc) is 3.29. The van der Waals surface area contributed by atoms with Crippen LogP contribution in [0.15, 0.2) is 60.0 Å².